The van der Waals surface area contributed by atoms with E-state index in [1.807, 2.05) is 0 Å². The van der Waals surface area contributed by atoms with Gasteiger partial charge < -0.3 is 5.73 Å². The molecule has 2 aromatic rings. The molecule has 16 heavy (non-hydrogen) atoms. The van der Waals surface area contributed by atoms with E-state index in [0.717, 1.165) is 17.8 Å². The van der Waals surface area contributed by atoms with E-state index in [-0.39, 0.29) is 0 Å². The molecule has 2 rings (SSSR count). The number of hydrogen-bond acceptors (Lipinski definition) is 3. The SMILES string of the molecule is Cc1ccc(Cc2ncc(CN)cn2)cc1. The molecule has 2 N–H and O–H groups in total. The van der Waals surface area contributed by atoms with Crippen molar-refractivity contribution in [3.05, 3.63) is 59.2 Å². The van der Waals surface area contributed by atoms with Gasteiger partial charge in [0.2, 0.25) is 0 Å². The third-order valence-corrected chi connectivity index (χ3v) is 2.48. The monoisotopic (exact) mass is 213 g/mol. The summed E-state index contributed by atoms with van der Waals surface area (Å²) in [4.78, 5) is 8.55. The molecule has 0 fully saturated rings. The highest BCUT2D eigenvalue weighted by molar-refractivity contribution is 5.24. The number of nitrogens with zero attached hydrogens (tertiary/aromatic N) is 2. The van der Waals surface area contributed by atoms with Gasteiger partial charge in [-0.15, -0.1) is 0 Å². The van der Waals surface area contributed by atoms with Crippen molar-refractivity contribution >= 4 is 0 Å². The van der Waals surface area contributed by atoms with E-state index < -0.39 is 0 Å². The van der Waals surface area contributed by atoms with Crippen LogP contribution < -0.4 is 5.73 Å². The zero-order chi connectivity index (χ0) is 11.4. The minimum atomic E-state index is 0.491. The van der Waals surface area contributed by atoms with Crippen LogP contribution in [0.25, 0.3) is 0 Å². The summed E-state index contributed by atoms with van der Waals surface area (Å²) in [5.41, 5.74) is 8.95. The predicted molar refractivity (Wildman–Crippen MR) is 63.9 cm³/mol. The lowest BCUT2D eigenvalue weighted by Crippen LogP contribution is -2.01. The average molecular weight is 213 g/mol. The molecule has 1 aromatic carbocycles. The number of benzene rings is 1. The van der Waals surface area contributed by atoms with Crippen molar-refractivity contribution in [2.75, 3.05) is 0 Å². The quantitative estimate of drug-likeness (QED) is 0.846. The second kappa shape index (κ2) is 4.86. The first kappa shape index (κ1) is 10.8. The summed E-state index contributed by atoms with van der Waals surface area (Å²) in [6, 6.07) is 8.41. The molecule has 0 aliphatic heterocycles. The Kier molecular flexibility index (Phi) is 3.27. The molecule has 0 spiro atoms. The average Bonchev–Trinajstić information content (AvgIpc) is 2.33. The fourth-order valence-electron chi connectivity index (χ4n) is 1.47. The van der Waals surface area contributed by atoms with Gasteiger partial charge in [-0.3, -0.25) is 0 Å². The summed E-state index contributed by atoms with van der Waals surface area (Å²) in [5, 5.41) is 0. The normalized spacial score (nSPS) is 10.4. The summed E-state index contributed by atoms with van der Waals surface area (Å²) >= 11 is 0. The highest BCUT2D eigenvalue weighted by Gasteiger charge is 1.99. The molecule has 0 unspecified atom stereocenters. The molecule has 82 valence electrons. The number of nitrogens with two attached hydrogens (primary N) is 1. The standard InChI is InChI=1S/C13H15N3/c1-10-2-4-11(5-3-10)6-13-15-8-12(7-14)9-16-13/h2-5,8-9H,6-7,14H2,1H3. The summed E-state index contributed by atoms with van der Waals surface area (Å²) in [5.74, 6) is 0.834. The lowest BCUT2D eigenvalue weighted by atomic mass is 10.1. The Bertz CT molecular complexity index is 446. The topological polar surface area (TPSA) is 51.8 Å². The predicted octanol–water partition coefficient (Wildman–Crippen LogP) is 1.83. The van der Waals surface area contributed by atoms with Crippen LogP contribution >= 0.6 is 0 Å². The van der Waals surface area contributed by atoms with Gasteiger partial charge in [0.25, 0.3) is 0 Å². The number of rotatable bonds is 3. The van der Waals surface area contributed by atoms with Crippen LogP contribution in [0.3, 0.4) is 0 Å². The maximum absolute atomic E-state index is 5.49. The Morgan fingerprint density at radius 2 is 1.62 bits per heavy atom. The van der Waals surface area contributed by atoms with E-state index in [4.69, 9.17) is 5.73 Å². The molecule has 1 heterocycles. The first-order valence-corrected chi connectivity index (χ1v) is 5.33. The van der Waals surface area contributed by atoms with E-state index in [1.165, 1.54) is 11.1 Å². The molecular formula is C13H15N3. The summed E-state index contributed by atoms with van der Waals surface area (Å²) < 4.78 is 0. The van der Waals surface area contributed by atoms with Crippen molar-refractivity contribution in [1.29, 1.82) is 0 Å². The largest absolute Gasteiger partial charge is 0.326 e. The third kappa shape index (κ3) is 2.64. The van der Waals surface area contributed by atoms with Crippen LogP contribution in [-0.2, 0) is 13.0 Å². The molecule has 0 saturated carbocycles. The van der Waals surface area contributed by atoms with Crippen LogP contribution in [0.2, 0.25) is 0 Å². The number of aromatic nitrogens is 2. The third-order valence-electron chi connectivity index (χ3n) is 2.48. The van der Waals surface area contributed by atoms with Crippen molar-refractivity contribution < 1.29 is 0 Å². The van der Waals surface area contributed by atoms with Gasteiger partial charge in [0, 0.05) is 30.9 Å². The number of hydrogen-bond donors (Lipinski definition) is 1. The Morgan fingerprint density at radius 3 is 2.19 bits per heavy atom. The summed E-state index contributed by atoms with van der Waals surface area (Å²) in [7, 11) is 0. The van der Waals surface area contributed by atoms with Gasteiger partial charge in [-0.25, -0.2) is 9.97 Å². The first-order chi connectivity index (χ1) is 7.78. The van der Waals surface area contributed by atoms with Crippen LogP contribution in [0.4, 0.5) is 0 Å². The first-order valence-electron chi connectivity index (χ1n) is 5.33. The van der Waals surface area contributed by atoms with Crippen LogP contribution in [-0.4, -0.2) is 9.97 Å². The Morgan fingerprint density at radius 1 is 1.00 bits per heavy atom. The van der Waals surface area contributed by atoms with Crippen LogP contribution in [0.5, 0.6) is 0 Å². The lowest BCUT2D eigenvalue weighted by Gasteiger charge is -2.02. The van der Waals surface area contributed by atoms with Gasteiger partial charge in [-0.1, -0.05) is 29.8 Å². The molecule has 3 heteroatoms. The van der Waals surface area contributed by atoms with Crippen molar-refractivity contribution in [1.82, 2.24) is 9.97 Å². The Labute approximate surface area is 95.4 Å². The minimum Gasteiger partial charge on any atom is -0.326 e. The van der Waals surface area contributed by atoms with Crippen LogP contribution in [0.1, 0.15) is 22.5 Å². The molecule has 0 atom stereocenters. The number of aryl methyl sites for hydroxylation is 1. The Hall–Kier alpha value is -1.74. The molecule has 0 saturated heterocycles. The van der Waals surface area contributed by atoms with Crippen molar-refractivity contribution in [2.24, 2.45) is 5.73 Å². The van der Waals surface area contributed by atoms with E-state index in [2.05, 4.69) is 41.2 Å². The maximum atomic E-state index is 5.49. The van der Waals surface area contributed by atoms with Gasteiger partial charge in [-0.2, -0.15) is 0 Å². The Balaban J connectivity index is 2.11. The molecular weight excluding hydrogens is 198 g/mol. The van der Waals surface area contributed by atoms with E-state index >= 15 is 0 Å². The van der Waals surface area contributed by atoms with Gasteiger partial charge in [0.05, 0.1) is 0 Å². The molecule has 0 aliphatic carbocycles. The van der Waals surface area contributed by atoms with Crippen LogP contribution in [0, 0.1) is 6.92 Å². The maximum Gasteiger partial charge on any atom is 0.132 e. The molecule has 0 bridgehead atoms. The highest BCUT2D eigenvalue weighted by Crippen LogP contribution is 2.07. The smallest absolute Gasteiger partial charge is 0.132 e. The van der Waals surface area contributed by atoms with Gasteiger partial charge in [0.15, 0.2) is 0 Å². The minimum absolute atomic E-state index is 0.491. The highest BCUT2D eigenvalue weighted by atomic mass is 14.9. The van der Waals surface area contributed by atoms with Gasteiger partial charge in [0.1, 0.15) is 5.82 Å². The molecule has 0 radical (unpaired) electrons. The fraction of sp³-hybridized carbons (Fsp3) is 0.231. The molecule has 0 amide bonds. The molecule has 1 aromatic heterocycles. The summed E-state index contributed by atoms with van der Waals surface area (Å²) in [6.07, 6.45) is 4.35. The van der Waals surface area contributed by atoms with Crippen molar-refractivity contribution in [2.45, 2.75) is 19.9 Å². The van der Waals surface area contributed by atoms with E-state index in [0.29, 0.717) is 6.54 Å². The zero-order valence-electron chi connectivity index (χ0n) is 9.35. The van der Waals surface area contributed by atoms with E-state index in [1.54, 1.807) is 12.4 Å². The van der Waals surface area contributed by atoms with E-state index in [9.17, 15) is 0 Å². The van der Waals surface area contributed by atoms with Gasteiger partial charge >= 0.3 is 0 Å². The lowest BCUT2D eigenvalue weighted by molar-refractivity contribution is 0.925. The molecule has 3 nitrogen and oxygen atoms in total. The summed E-state index contributed by atoms with van der Waals surface area (Å²) in [6.45, 7) is 2.57. The van der Waals surface area contributed by atoms with Crippen molar-refractivity contribution in [3.63, 3.8) is 0 Å². The second-order valence-electron chi connectivity index (χ2n) is 3.87. The van der Waals surface area contributed by atoms with Gasteiger partial charge in [-0.05, 0) is 12.5 Å². The molecule has 0 aliphatic rings. The fourth-order valence-corrected chi connectivity index (χ4v) is 1.47. The second-order valence-corrected chi connectivity index (χ2v) is 3.87. The van der Waals surface area contributed by atoms with Crippen LogP contribution in [0.15, 0.2) is 36.7 Å². The zero-order valence-corrected chi connectivity index (χ0v) is 9.35. The van der Waals surface area contributed by atoms with Crippen molar-refractivity contribution in [3.8, 4) is 0 Å².